The van der Waals surface area contributed by atoms with Crippen LogP contribution in [-0.4, -0.2) is 37.8 Å². The fourth-order valence-corrected chi connectivity index (χ4v) is 3.56. The van der Waals surface area contributed by atoms with E-state index in [4.69, 9.17) is 4.74 Å². The molecule has 1 heterocycles. The van der Waals surface area contributed by atoms with Crippen molar-refractivity contribution in [3.8, 4) is 6.07 Å². The number of thioether (sulfide) groups is 1. The predicted molar refractivity (Wildman–Crippen MR) is 101 cm³/mol. The van der Waals surface area contributed by atoms with Gasteiger partial charge >= 0.3 is 0 Å². The smallest absolute Gasteiger partial charge is 0.230 e. The van der Waals surface area contributed by atoms with Crippen molar-refractivity contribution in [1.29, 1.82) is 5.26 Å². The van der Waals surface area contributed by atoms with E-state index in [-0.39, 0.29) is 29.9 Å². The summed E-state index contributed by atoms with van der Waals surface area (Å²) >= 11 is 1.19. The van der Waals surface area contributed by atoms with Crippen LogP contribution in [0.4, 0.5) is 0 Å². The van der Waals surface area contributed by atoms with Gasteiger partial charge in [0.2, 0.25) is 11.8 Å². The SMILES string of the molecule is COCCCNC(=O)CSC1=C(C#N)[C@@H](c2ccc(C)cc2)CC(=O)N1. The molecule has 0 bridgehead atoms. The number of benzene rings is 1. The minimum absolute atomic E-state index is 0.136. The van der Waals surface area contributed by atoms with Crippen molar-refractivity contribution < 1.29 is 14.3 Å². The zero-order valence-electron chi connectivity index (χ0n) is 15.0. The third-order valence-electron chi connectivity index (χ3n) is 4.03. The molecule has 0 aromatic heterocycles. The van der Waals surface area contributed by atoms with Gasteiger partial charge in [-0.25, -0.2) is 0 Å². The third-order valence-corrected chi connectivity index (χ3v) is 5.05. The summed E-state index contributed by atoms with van der Waals surface area (Å²) in [7, 11) is 1.61. The maximum Gasteiger partial charge on any atom is 0.230 e. The van der Waals surface area contributed by atoms with Crippen molar-refractivity contribution in [1.82, 2.24) is 10.6 Å². The highest BCUT2D eigenvalue weighted by Crippen LogP contribution is 2.35. The highest BCUT2D eigenvalue weighted by Gasteiger charge is 2.29. The van der Waals surface area contributed by atoms with Gasteiger partial charge in [-0.15, -0.1) is 0 Å². The average molecular weight is 373 g/mol. The number of nitriles is 1. The minimum atomic E-state index is -0.276. The van der Waals surface area contributed by atoms with Crippen LogP contribution < -0.4 is 10.6 Å². The van der Waals surface area contributed by atoms with Gasteiger partial charge in [-0.1, -0.05) is 41.6 Å². The van der Waals surface area contributed by atoms with Crippen molar-refractivity contribution in [2.24, 2.45) is 0 Å². The van der Waals surface area contributed by atoms with Crippen molar-refractivity contribution >= 4 is 23.6 Å². The number of nitrogens with zero attached hydrogens (tertiary/aromatic N) is 1. The number of carbonyl (C=O) groups is 2. The van der Waals surface area contributed by atoms with Gasteiger partial charge in [0.05, 0.1) is 22.4 Å². The fraction of sp³-hybridized carbons (Fsp3) is 0.421. The second kappa shape index (κ2) is 10.00. The molecule has 1 aliphatic rings. The van der Waals surface area contributed by atoms with Gasteiger partial charge in [0.15, 0.2) is 0 Å². The molecule has 1 atom stereocenters. The molecular weight excluding hydrogens is 350 g/mol. The van der Waals surface area contributed by atoms with E-state index in [1.165, 1.54) is 11.8 Å². The molecule has 1 aliphatic heterocycles. The molecule has 26 heavy (non-hydrogen) atoms. The summed E-state index contributed by atoms with van der Waals surface area (Å²) < 4.78 is 4.93. The Hall–Kier alpha value is -2.30. The van der Waals surface area contributed by atoms with Crippen molar-refractivity contribution in [3.63, 3.8) is 0 Å². The maximum absolute atomic E-state index is 12.1. The zero-order chi connectivity index (χ0) is 18.9. The summed E-state index contributed by atoms with van der Waals surface area (Å²) in [6, 6.07) is 10.0. The van der Waals surface area contributed by atoms with Crippen LogP contribution in [0.25, 0.3) is 0 Å². The fourth-order valence-electron chi connectivity index (χ4n) is 2.65. The summed E-state index contributed by atoms with van der Waals surface area (Å²) in [6.45, 7) is 3.12. The van der Waals surface area contributed by atoms with Crippen LogP contribution in [0, 0.1) is 18.3 Å². The van der Waals surface area contributed by atoms with E-state index in [9.17, 15) is 14.9 Å². The lowest BCUT2D eigenvalue weighted by atomic mass is 9.87. The minimum Gasteiger partial charge on any atom is -0.385 e. The molecule has 0 saturated carbocycles. The molecule has 2 amide bonds. The van der Waals surface area contributed by atoms with Gasteiger partial charge in [-0.05, 0) is 18.9 Å². The number of carbonyl (C=O) groups excluding carboxylic acids is 2. The zero-order valence-corrected chi connectivity index (χ0v) is 15.8. The van der Waals surface area contributed by atoms with Crippen LogP contribution in [-0.2, 0) is 14.3 Å². The molecule has 0 radical (unpaired) electrons. The van der Waals surface area contributed by atoms with Crippen molar-refractivity contribution in [3.05, 3.63) is 46.0 Å². The maximum atomic E-state index is 12.1. The first kappa shape index (κ1) is 20.0. The van der Waals surface area contributed by atoms with Crippen molar-refractivity contribution in [2.75, 3.05) is 26.0 Å². The number of allylic oxidation sites excluding steroid dienone is 1. The molecular formula is C19H23N3O3S. The van der Waals surface area contributed by atoms with Crippen molar-refractivity contribution in [2.45, 2.75) is 25.7 Å². The normalized spacial score (nSPS) is 16.8. The second-order valence-electron chi connectivity index (χ2n) is 6.06. The van der Waals surface area contributed by atoms with E-state index in [1.54, 1.807) is 7.11 Å². The van der Waals surface area contributed by atoms with Crippen LogP contribution >= 0.6 is 11.8 Å². The molecule has 1 aromatic rings. The first-order valence-electron chi connectivity index (χ1n) is 8.44. The molecule has 0 aliphatic carbocycles. The third kappa shape index (κ3) is 5.61. The molecule has 0 unspecified atom stereocenters. The Morgan fingerprint density at radius 3 is 2.81 bits per heavy atom. The number of amides is 2. The lowest BCUT2D eigenvalue weighted by Crippen LogP contribution is -2.32. The Labute approximate surface area is 158 Å². The molecule has 2 rings (SSSR count). The number of rotatable bonds is 8. The summed E-state index contributed by atoms with van der Waals surface area (Å²) in [4.78, 5) is 24.0. The van der Waals surface area contributed by atoms with Crippen LogP contribution in [0.3, 0.4) is 0 Å². The summed E-state index contributed by atoms with van der Waals surface area (Å²) in [5.41, 5.74) is 2.56. The summed E-state index contributed by atoms with van der Waals surface area (Å²) in [5.74, 6) is -0.407. The Kier molecular flexibility index (Phi) is 7.70. The van der Waals surface area contributed by atoms with Crippen LogP contribution in [0.1, 0.15) is 29.9 Å². The quantitative estimate of drug-likeness (QED) is 0.682. The number of ether oxygens (including phenoxy) is 1. The largest absolute Gasteiger partial charge is 0.385 e. The van der Waals surface area contributed by atoms with Crippen LogP contribution in [0.15, 0.2) is 34.9 Å². The van der Waals surface area contributed by atoms with E-state index in [1.807, 2.05) is 31.2 Å². The summed E-state index contributed by atoms with van der Waals surface area (Å²) in [5, 5.41) is 15.6. The Balaban J connectivity index is 2.06. The van der Waals surface area contributed by atoms with Crippen LogP contribution in [0.5, 0.6) is 0 Å². The highest BCUT2D eigenvalue weighted by molar-refractivity contribution is 8.03. The van der Waals surface area contributed by atoms with E-state index in [2.05, 4.69) is 16.7 Å². The Morgan fingerprint density at radius 1 is 1.42 bits per heavy atom. The average Bonchev–Trinajstić information content (AvgIpc) is 2.63. The molecule has 1 aromatic carbocycles. The lowest BCUT2D eigenvalue weighted by molar-refractivity contribution is -0.121. The number of aryl methyl sites for hydroxylation is 1. The number of hydrogen-bond donors (Lipinski definition) is 2. The monoisotopic (exact) mass is 373 g/mol. The predicted octanol–water partition coefficient (Wildman–Crippen LogP) is 2.22. The molecule has 0 spiro atoms. The van der Waals surface area contributed by atoms with E-state index in [0.717, 1.165) is 17.5 Å². The van der Waals surface area contributed by atoms with E-state index >= 15 is 0 Å². The number of hydrogen-bond acceptors (Lipinski definition) is 5. The molecule has 138 valence electrons. The van der Waals surface area contributed by atoms with Gasteiger partial charge in [-0.3, -0.25) is 9.59 Å². The van der Waals surface area contributed by atoms with Crippen LogP contribution in [0.2, 0.25) is 0 Å². The van der Waals surface area contributed by atoms with Gasteiger partial charge in [0.25, 0.3) is 0 Å². The number of nitrogens with one attached hydrogen (secondary N) is 2. The molecule has 7 heteroatoms. The van der Waals surface area contributed by atoms with Gasteiger partial charge in [0, 0.05) is 32.6 Å². The second-order valence-corrected chi connectivity index (χ2v) is 7.04. The molecule has 0 saturated heterocycles. The lowest BCUT2D eigenvalue weighted by Gasteiger charge is -2.25. The number of methoxy groups -OCH3 is 1. The van der Waals surface area contributed by atoms with Gasteiger partial charge in [0.1, 0.15) is 0 Å². The van der Waals surface area contributed by atoms with E-state index < -0.39 is 0 Å². The molecule has 0 fully saturated rings. The summed E-state index contributed by atoms with van der Waals surface area (Å²) in [6.07, 6.45) is 0.977. The standard InChI is InChI=1S/C19H23N3O3S/c1-13-4-6-14(7-5-13)15-10-17(23)22-19(16(15)11-20)26-12-18(24)21-8-3-9-25-2/h4-7,15H,3,8-10,12H2,1-2H3,(H,21,24)(H,22,23)/t15-/m1/s1. The topological polar surface area (TPSA) is 91.2 Å². The van der Waals surface area contributed by atoms with Gasteiger partial charge in [-0.2, -0.15) is 5.26 Å². The van der Waals surface area contributed by atoms with E-state index in [0.29, 0.717) is 23.8 Å². The Morgan fingerprint density at radius 2 is 2.15 bits per heavy atom. The first-order chi connectivity index (χ1) is 12.5. The molecule has 2 N–H and O–H groups in total. The highest BCUT2D eigenvalue weighted by atomic mass is 32.2. The Bertz CT molecular complexity index is 723. The van der Waals surface area contributed by atoms with Gasteiger partial charge < -0.3 is 15.4 Å². The molecule has 6 nitrogen and oxygen atoms in total. The first-order valence-corrected chi connectivity index (χ1v) is 9.42.